The molecule has 1 unspecified atom stereocenters. The summed E-state index contributed by atoms with van der Waals surface area (Å²) in [6.45, 7) is 1.90. The third-order valence-electron chi connectivity index (χ3n) is 3.63. The van der Waals surface area contributed by atoms with Crippen LogP contribution in [-0.2, 0) is 11.3 Å². The monoisotopic (exact) mass is 276 g/mol. The molecule has 1 aliphatic heterocycles. The fraction of sp³-hybridized carbons (Fsp3) is 0.467. The van der Waals surface area contributed by atoms with Crippen LogP contribution in [0.3, 0.4) is 0 Å². The molecular weight excluding hydrogens is 256 g/mol. The van der Waals surface area contributed by atoms with E-state index in [0.29, 0.717) is 32.0 Å². The summed E-state index contributed by atoms with van der Waals surface area (Å²) in [4.78, 5) is 24.3. The maximum Gasteiger partial charge on any atom is 0.317 e. The summed E-state index contributed by atoms with van der Waals surface area (Å²) in [7, 11) is 0. The van der Waals surface area contributed by atoms with Crippen molar-refractivity contribution in [3.63, 3.8) is 0 Å². The van der Waals surface area contributed by atoms with Crippen LogP contribution in [-0.4, -0.2) is 35.1 Å². The normalized spacial score (nSPS) is 18.0. The van der Waals surface area contributed by atoms with Gasteiger partial charge in [-0.1, -0.05) is 30.3 Å². The number of rotatable bonds is 5. The van der Waals surface area contributed by atoms with Gasteiger partial charge in [0, 0.05) is 26.1 Å². The highest BCUT2D eigenvalue weighted by Gasteiger charge is 2.26. The van der Waals surface area contributed by atoms with Crippen LogP contribution in [0.1, 0.15) is 24.8 Å². The van der Waals surface area contributed by atoms with E-state index in [4.69, 9.17) is 5.11 Å². The van der Waals surface area contributed by atoms with E-state index < -0.39 is 5.97 Å². The Kier molecular flexibility index (Phi) is 4.98. The first-order valence-electron chi connectivity index (χ1n) is 6.93. The summed E-state index contributed by atoms with van der Waals surface area (Å²) >= 11 is 0. The molecule has 5 heteroatoms. The predicted molar refractivity (Wildman–Crippen MR) is 75.2 cm³/mol. The zero-order chi connectivity index (χ0) is 14.4. The fourth-order valence-electron chi connectivity index (χ4n) is 2.47. The number of benzene rings is 1. The molecule has 0 bridgehead atoms. The van der Waals surface area contributed by atoms with Gasteiger partial charge in [-0.2, -0.15) is 0 Å². The summed E-state index contributed by atoms with van der Waals surface area (Å²) < 4.78 is 0. The highest BCUT2D eigenvalue weighted by atomic mass is 16.4. The van der Waals surface area contributed by atoms with Gasteiger partial charge in [0.15, 0.2) is 0 Å². The second kappa shape index (κ2) is 6.93. The Bertz CT molecular complexity index is 461. The molecule has 0 spiro atoms. The number of hydrogen-bond acceptors (Lipinski definition) is 2. The van der Waals surface area contributed by atoms with Crippen LogP contribution in [0.25, 0.3) is 0 Å². The molecule has 1 fully saturated rings. The molecule has 1 aromatic rings. The Labute approximate surface area is 118 Å². The first kappa shape index (κ1) is 14.4. The Morgan fingerprint density at radius 3 is 2.75 bits per heavy atom. The second-order valence-electron chi connectivity index (χ2n) is 5.18. The van der Waals surface area contributed by atoms with Crippen molar-refractivity contribution in [2.75, 3.05) is 13.1 Å². The molecule has 0 aromatic heterocycles. The van der Waals surface area contributed by atoms with E-state index in [1.54, 1.807) is 4.90 Å². The van der Waals surface area contributed by atoms with Crippen molar-refractivity contribution in [1.29, 1.82) is 0 Å². The number of amides is 2. The molecule has 20 heavy (non-hydrogen) atoms. The Morgan fingerprint density at radius 1 is 1.30 bits per heavy atom. The SMILES string of the molecule is O=C(O)CCC1CCN(C(=O)NCc2ccccc2)C1. The van der Waals surface area contributed by atoms with Gasteiger partial charge in [0.1, 0.15) is 0 Å². The van der Waals surface area contributed by atoms with Crippen LogP contribution in [0, 0.1) is 5.92 Å². The van der Waals surface area contributed by atoms with E-state index in [1.807, 2.05) is 30.3 Å². The van der Waals surface area contributed by atoms with Crippen molar-refractivity contribution in [3.8, 4) is 0 Å². The number of likely N-dealkylation sites (tertiary alicyclic amines) is 1. The molecular formula is C15H20N2O3. The number of carbonyl (C=O) groups excluding carboxylic acids is 1. The molecule has 2 amide bonds. The lowest BCUT2D eigenvalue weighted by atomic mass is 10.0. The first-order chi connectivity index (χ1) is 9.65. The summed E-state index contributed by atoms with van der Waals surface area (Å²) in [5.74, 6) is -0.453. The van der Waals surface area contributed by atoms with Crippen LogP contribution >= 0.6 is 0 Å². The number of nitrogens with zero attached hydrogens (tertiary/aromatic N) is 1. The van der Waals surface area contributed by atoms with Gasteiger partial charge in [-0.3, -0.25) is 4.79 Å². The molecule has 0 radical (unpaired) electrons. The Hall–Kier alpha value is -2.04. The molecule has 1 heterocycles. The molecule has 108 valence electrons. The molecule has 2 rings (SSSR count). The molecule has 1 aliphatic rings. The number of aliphatic carboxylic acids is 1. The van der Waals surface area contributed by atoms with Gasteiger partial charge in [-0.15, -0.1) is 0 Å². The number of carboxylic acid groups (broad SMARTS) is 1. The topological polar surface area (TPSA) is 69.6 Å². The molecule has 1 atom stereocenters. The Morgan fingerprint density at radius 2 is 2.05 bits per heavy atom. The molecule has 5 nitrogen and oxygen atoms in total. The molecule has 1 aromatic carbocycles. The minimum atomic E-state index is -0.767. The van der Waals surface area contributed by atoms with Gasteiger partial charge in [0.25, 0.3) is 0 Å². The van der Waals surface area contributed by atoms with Crippen molar-refractivity contribution in [3.05, 3.63) is 35.9 Å². The van der Waals surface area contributed by atoms with Gasteiger partial charge < -0.3 is 15.3 Å². The quantitative estimate of drug-likeness (QED) is 0.865. The second-order valence-corrected chi connectivity index (χ2v) is 5.18. The Balaban J connectivity index is 1.73. The van der Waals surface area contributed by atoms with Crippen molar-refractivity contribution in [2.45, 2.75) is 25.8 Å². The van der Waals surface area contributed by atoms with E-state index in [2.05, 4.69) is 5.32 Å². The van der Waals surface area contributed by atoms with Crippen LogP contribution < -0.4 is 5.32 Å². The van der Waals surface area contributed by atoms with E-state index >= 15 is 0 Å². The average Bonchev–Trinajstić information content (AvgIpc) is 2.92. The van der Waals surface area contributed by atoms with E-state index in [1.165, 1.54) is 0 Å². The zero-order valence-electron chi connectivity index (χ0n) is 11.4. The number of carbonyl (C=O) groups is 2. The smallest absolute Gasteiger partial charge is 0.317 e. The van der Waals surface area contributed by atoms with E-state index in [-0.39, 0.29) is 12.5 Å². The van der Waals surface area contributed by atoms with Crippen molar-refractivity contribution in [2.24, 2.45) is 5.92 Å². The summed E-state index contributed by atoms with van der Waals surface area (Å²) in [5.41, 5.74) is 1.07. The minimum Gasteiger partial charge on any atom is -0.481 e. The number of urea groups is 1. The molecule has 1 saturated heterocycles. The zero-order valence-corrected chi connectivity index (χ0v) is 11.4. The lowest BCUT2D eigenvalue weighted by molar-refractivity contribution is -0.137. The number of carboxylic acids is 1. The minimum absolute atomic E-state index is 0.0633. The van der Waals surface area contributed by atoms with Gasteiger partial charge in [0.2, 0.25) is 0 Å². The largest absolute Gasteiger partial charge is 0.481 e. The van der Waals surface area contributed by atoms with Crippen molar-refractivity contribution < 1.29 is 14.7 Å². The van der Waals surface area contributed by atoms with Crippen molar-refractivity contribution >= 4 is 12.0 Å². The highest BCUT2D eigenvalue weighted by molar-refractivity contribution is 5.74. The lowest BCUT2D eigenvalue weighted by Gasteiger charge is -2.17. The van der Waals surface area contributed by atoms with Crippen LogP contribution in [0.2, 0.25) is 0 Å². The molecule has 0 saturated carbocycles. The van der Waals surface area contributed by atoms with Crippen LogP contribution in [0.5, 0.6) is 0 Å². The van der Waals surface area contributed by atoms with E-state index in [0.717, 1.165) is 12.0 Å². The first-order valence-corrected chi connectivity index (χ1v) is 6.93. The average molecular weight is 276 g/mol. The van der Waals surface area contributed by atoms with Crippen LogP contribution in [0.4, 0.5) is 4.79 Å². The molecule has 0 aliphatic carbocycles. The number of hydrogen-bond donors (Lipinski definition) is 2. The van der Waals surface area contributed by atoms with E-state index in [9.17, 15) is 9.59 Å². The van der Waals surface area contributed by atoms with Gasteiger partial charge in [-0.25, -0.2) is 4.79 Å². The van der Waals surface area contributed by atoms with Gasteiger partial charge in [-0.05, 0) is 24.3 Å². The third kappa shape index (κ3) is 4.26. The van der Waals surface area contributed by atoms with Gasteiger partial charge >= 0.3 is 12.0 Å². The summed E-state index contributed by atoms with van der Waals surface area (Å²) in [5, 5.41) is 11.6. The maximum atomic E-state index is 12.0. The fourth-order valence-corrected chi connectivity index (χ4v) is 2.47. The van der Waals surface area contributed by atoms with Gasteiger partial charge in [0.05, 0.1) is 0 Å². The summed E-state index contributed by atoms with van der Waals surface area (Å²) in [6, 6.07) is 9.71. The maximum absolute atomic E-state index is 12.0. The molecule has 2 N–H and O–H groups in total. The predicted octanol–water partition coefficient (Wildman–Crippen LogP) is 2.08. The lowest BCUT2D eigenvalue weighted by Crippen LogP contribution is -2.38. The highest BCUT2D eigenvalue weighted by Crippen LogP contribution is 2.20. The number of nitrogens with one attached hydrogen (secondary N) is 1. The van der Waals surface area contributed by atoms with Crippen molar-refractivity contribution in [1.82, 2.24) is 10.2 Å². The third-order valence-corrected chi connectivity index (χ3v) is 3.63. The summed E-state index contributed by atoms with van der Waals surface area (Å²) in [6.07, 6.45) is 1.73. The standard InChI is InChI=1S/C15H20N2O3/c18-14(19)7-6-13-8-9-17(11-13)15(20)16-10-12-4-2-1-3-5-12/h1-5,13H,6-11H2,(H,16,20)(H,18,19). The van der Waals surface area contributed by atoms with Crippen LogP contribution in [0.15, 0.2) is 30.3 Å².